The van der Waals surface area contributed by atoms with Gasteiger partial charge in [0.15, 0.2) is 0 Å². The summed E-state index contributed by atoms with van der Waals surface area (Å²) in [6.07, 6.45) is 5.28. The highest BCUT2D eigenvalue weighted by Gasteiger charge is 2.31. The van der Waals surface area contributed by atoms with Crippen LogP contribution in [-0.2, 0) is 27.8 Å². The number of rotatable bonds is 6. The lowest BCUT2D eigenvalue weighted by atomic mass is 10.1. The number of hydrogen-bond donors (Lipinski definition) is 0. The van der Waals surface area contributed by atoms with Crippen LogP contribution in [-0.4, -0.2) is 42.0 Å². The van der Waals surface area contributed by atoms with E-state index >= 15 is 0 Å². The van der Waals surface area contributed by atoms with Crippen LogP contribution in [0.15, 0.2) is 60.3 Å². The molecule has 0 amide bonds. The second kappa shape index (κ2) is 7.29. The first-order valence-electron chi connectivity index (χ1n) is 7.85. The van der Waals surface area contributed by atoms with E-state index in [1.807, 2.05) is 10.8 Å². The van der Waals surface area contributed by atoms with Crippen LogP contribution in [0.4, 0.5) is 0 Å². The Morgan fingerprint density at radius 3 is 2.83 bits per heavy atom. The Labute approximate surface area is 142 Å². The molecule has 6 nitrogen and oxygen atoms in total. The third-order valence-electron chi connectivity index (χ3n) is 4.01. The molecule has 1 atom stereocenters. The molecule has 3 rings (SSSR count). The summed E-state index contributed by atoms with van der Waals surface area (Å²) in [7, 11) is -3.57. The number of aromatic nitrogens is 2. The Morgan fingerprint density at radius 1 is 1.29 bits per heavy atom. The van der Waals surface area contributed by atoms with Crippen molar-refractivity contribution in [3.05, 3.63) is 61.2 Å². The van der Waals surface area contributed by atoms with Gasteiger partial charge >= 0.3 is 0 Å². The standard InChI is InChI=1S/C17H21N3O3S/c1-2-10-23-14-15-11-19-9-8-18-17(19)13-20(12-15)24(21,22)16-6-4-3-5-7-16/h2-9,15H,1,10-14H2/t15-/m0/s1. The molecule has 1 aliphatic heterocycles. The first kappa shape index (κ1) is 16.9. The number of imidazole rings is 1. The molecule has 0 bridgehead atoms. The van der Waals surface area contributed by atoms with Gasteiger partial charge in [-0.25, -0.2) is 13.4 Å². The topological polar surface area (TPSA) is 64.4 Å². The van der Waals surface area contributed by atoms with Gasteiger partial charge in [0, 0.05) is 31.4 Å². The van der Waals surface area contributed by atoms with Crippen molar-refractivity contribution in [3.8, 4) is 0 Å². The summed E-state index contributed by atoms with van der Waals surface area (Å²) in [6.45, 7) is 5.92. The highest BCUT2D eigenvalue weighted by atomic mass is 32.2. The van der Waals surface area contributed by atoms with E-state index in [-0.39, 0.29) is 12.5 Å². The number of benzene rings is 1. The van der Waals surface area contributed by atoms with Crippen molar-refractivity contribution in [2.75, 3.05) is 19.8 Å². The van der Waals surface area contributed by atoms with Crippen molar-refractivity contribution in [2.45, 2.75) is 18.0 Å². The van der Waals surface area contributed by atoms with Crippen LogP contribution >= 0.6 is 0 Å². The van der Waals surface area contributed by atoms with Crippen LogP contribution in [0.3, 0.4) is 0 Å². The third kappa shape index (κ3) is 3.58. The Balaban J connectivity index is 1.88. The van der Waals surface area contributed by atoms with Crippen molar-refractivity contribution in [1.29, 1.82) is 0 Å². The van der Waals surface area contributed by atoms with E-state index in [1.54, 1.807) is 42.6 Å². The van der Waals surface area contributed by atoms with Crippen molar-refractivity contribution >= 4 is 10.0 Å². The van der Waals surface area contributed by atoms with Crippen LogP contribution in [0.1, 0.15) is 5.82 Å². The van der Waals surface area contributed by atoms with Crippen LogP contribution in [0.2, 0.25) is 0 Å². The summed E-state index contributed by atoms with van der Waals surface area (Å²) in [5, 5.41) is 0. The summed E-state index contributed by atoms with van der Waals surface area (Å²) in [6, 6.07) is 8.51. The SMILES string of the molecule is C=CCOC[C@@H]1CN(S(=O)(=O)c2ccccc2)Cc2nccn2C1. The van der Waals surface area contributed by atoms with Crippen molar-refractivity contribution in [1.82, 2.24) is 13.9 Å². The van der Waals surface area contributed by atoms with Crippen LogP contribution in [0, 0.1) is 5.92 Å². The first-order chi connectivity index (χ1) is 11.6. The molecule has 0 saturated heterocycles. The molecule has 0 radical (unpaired) electrons. The molecule has 0 spiro atoms. The molecule has 2 aromatic rings. The van der Waals surface area contributed by atoms with Crippen LogP contribution in [0.25, 0.3) is 0 Å². The van der Waals surface area contributed by atoms with Gasteiger partial charge in [-0.1, -0.05) is 24.3 Å². The Morgan fingerprint density at radius 2 is 2.08 bits per heavy atom. The van der Waals surface area contributed by atoms with E-state index < -0.39 is 10.0 Å². The average Bonchev–Trinajstić information content (AvgIpc) is 2.94. The quantitative estimate of drug-likeness (QED) is 0.591. The zero-order valence-corrected chi connectivity index (χ0v) is 14.2. The molecule has 7 heteroatoms. The Bertz CT molecular complexity index is 786. The van der Waals surface area contributed by atoms with Crippen molar-refractivity contribution in [2.24, 2.45) is 5.92 Å². The highest BCUT2D eigenvalue weighted by molar-refractivity contribution is 7.89. The van der Waals surface area contributed by atoms with Gasteiger partial charge in [-0.2, -0.15) is 4.31 Å². The fourth-order valence-corrected chi connectivity index (χ4v) is 4.34. The maximum atomic E-state index is 13.0. The molecular formula is C17H21N3O3S. The van der Waals surface area contributed by atoms with Crippen molar-refractivity contribution < 1.29 is 13.2 Å². The van der Waals surface area contributed by atoms with Gasteiger partial charge < -0.3 is 9.30 Å². The minimum Gasteiger partial charge on any atom is -0.377 e. The van der Waals surface area contributed by atoms with E-state index in [9.17, 15) is 8.42 Å². The lowest BCUT2D eigenvalue weighted by Gasteiger charge is -2.23. The van der Waals surface area contributed by atoms with E-state index in [0.717, 1.165) is 5.82 Å². The summed E-state index contributed by atoms with van der Waals surface area (Å²) >= 11 is 0. The van der Waals surface area contributed by atoms with E-state index in [0.29, 0.717) is 31.2 Å². The van der Waals surface area contributed by atoms with Gasteiger partial charge in [-0.15, -0.1) is 6.58 Å². The Kier molecular flexibility index (Phi) is 5.13. The van der Waals surface area contributed by atoms with Gasteiger partial charge in [-0.3, -0.25) is 0 Å². The predicted octanol–water partition coefficient (Wildman–Crippen LogP) is 1.91. The number of hydrogen-bond acceptors (Lipinski definition) is 4. The lowest BCUT2D eigenvalue weighted by Crippen LogP contribution is -2.35. The average molecular weight is 347 g/mol. The first-order valence-corrected chi connectivity index (χ1v) is 9.29. The minimum absolute atomic E-state index is 0.0545. The van der Waals surface area contributed by atoms with Gasteiger partial charge in [-0.05, 0) is 12.1 Å². The molecule has 0 aliphatic carbocycles. The van der Waals surface area contributed by atoms with Gasteiger partial charge in [0.1, 0.15) is 5.82 Å². The number of ether oxygens (including phenoxy) is 1. The molecule has 0 N–H and O–H groups in total. The molecule has 128 valence electrons. The van der Waals surface area contributed by atoms with Gasteiger partial charge in [0.25, 0.3) is 0 Å². The van der Waals surface area contributed by atoms with E-state index in [2.05, 4.69) is 11.6 Å². The Hall–Kier alpha value is -1.96. The summed E-state index contributed by atoms with van der Waals surface area (Å²) < 4.78 is 35.0. The minimum atomic E-state index is -3.57. The second-order valence-corrected chi connectivity index (χ2v) is 7.74. The monoisotopic (exact) mass is 347 g/mol. The molecule has 0 fully saturated rings. The zero-order chi connectivity index (χ0) is 17.0. The van der Waals surface area contributed by atoms with Gasteiger partial charge in [0.05, 0.1) is 24.7 Å². The molecule has 24 heavy (non-hydrogen) atoms. The summed E-state index contributed by atoms with van der Waals surface area (Å²) in [5.41, 5.74) is 0. The normalized spacial score (nSPS) is 18.8. The van der Waals surface area contributed by atoms with E-state index in [4.69, 9.17) is 4.74 Å². The summed E-state index contributed by atoms with van der Waals surface area (Å²) in [5.74, 6) is 0.805. The van der Waals surface area contributed by atoms with Crippen LogP contribution in [0.5, 0.6) is 0 Å². The molecule has 1 aromatic heterocycles. The molecule has 0 saturated carbocycles. The largest absolute Gasteiger partial charge is 0.377 e. The third-order valence-corrected chi connectivity index (χ3v) is 5.83. The highest BCUT2D eigenvalue weighted by Crippen LogP contribution is 2.23. The number of fused-ring (bicyclic) bond motifs is 1. The fraction of sp³-hybridized carbons (Fsp3) is 0.353. The maximum Gasteiger partial charge on any atom is 0.243 e. The maximum absolute atomic E-state index is 13.0. The molecule has 1 aliphatic rings. The molecule has 0 unspecified atom stereocenters. The van der Waals surface area contributed by atoms with Crippen molar-refractivity contribution in [3.63, 3.8) is 0 Å². The van der Waals surface area contributed by atoms with E-state index in [1.165, 1.54) is 4.31 Å². The fourth-order valence-electron chi connectivity index (χ4n) is 2.85. The lowest BCUT2D eigenvalue weighted by molar-refractivity contribution is 0.109. The molecule has 1 aromatic carbocycles. The second-order valence-electron chi connectivity index (χ2n) is 5.80. The van der Waals surface area contributed by atoms with Gasteiger partial charge in [0.2, 0.25) is 10.0 Å². The van der Waals surface area contributed by atoms with Crippen LogP contribution < -0.4 is 0 Å². The smallest absolute Gasteiger partial charge is 0.243 e. The summed E-state index contributed by atoms with van der Waals surface area (Å²) in [4.78, 5) is 4.61. The molecule has 2 heterocycles. The molecular weight excluding hydrogens is 326 g/mol. The number of nitrogens with zero attached hydrogens (tertiary/aromatic N) is 3. The zero-order valence-electron chi connectivity index (χ0n) is 13.4. The number of sulfonamides is 1. The predicted molar refractivity (Wildman–Crippen MR) is 90.8 cm³/mol.